The second-order valence-corrected chi connectivity index (χ2v) is 8.12. The van der Waals surface area contributed by atoms with Gasteiger partial charge in [-0.1, -0.05) is 18.2 Å². The summed E-state index contributed by atoms with van der Waals surface area (Å²) in [5.41, 5.74) is 2.12. The number of carbonyl (C=O) groups excluding carboxylic acids is 2. The van der Waals surface area contributed by atoms with Gasteiger partial charge >= 0.3 is 0 Å². The number of hydrogen-bond acceptors (Lipinski definition) is 3. The van der Waals surface area contributed by atoms with E-state index >= 15 is 0 Å². The van der Waals surface area contributed by atoms with E-state index in [1.165, 1.54) is 22.2 Å². The van der Waals surface area contributed by atoms with Crippen LogP contribution in [0.3, 0.4) is 0 Å². The van der Waals surface area contributed by atoms with Gasteiger partial charge in [-0.15, -0.1) is 11.3 Å². The number of thiophene rings is 1. The molecule has 140 valence electrons. The van der Waals surface area contributed by atoms with Crippen LogP contribution in [-0.4, -0.2) is 22.9 Å². The van der Waals surface area contributed by atoms with Crippen LogP contribution in [0.5, 0.6) is 0 Å². The Labute approximate surface area is 162 Å². The monoisotopic (exact) mass is 381 g/mol. The molecule has 1 aliphatic carbocycles. The Balaban J connectivity index is 1.29. The number of anilines is 1. The van der Waals surface area contributed by atoms with Crippen molar-refractivity contribution in [3.8, 4) is 0 Å². The zero-order chi connectivity index (χ0) is 18.8. The molecule has 4 rings (SSSR count). The first kappa shape index (κ1) is 17.8. The largest absolute Gasteiger partial charge is 0.351 e. The third kappa shape index (κ3) is 4.06. The predicted octanol–water partition coefficient (Wildman–Crippen LogP) is 4.18. The van der Waals surface area contributed by atoms with Gasteiger partial charge in [0.1, 0.15) is 0 Å². The summed E-state index contributed by atoms with van der Waals surface area (Å²) < 4.78 is 2.21. The topological polar surface area (TPSA) is 63.1 Å². The van der Waals surface area contributed by atoms with E-state index in [4.69, 9.17) is 0 Å². The summed E-state index contributed by atoms with van der Waals surface area (Å²) in [6.07, 6.45) is 4.89. The summed E-state index contributed by atoms with van der Waals surface area (Å²) in [4.78, 5) is 25.0. The standard InChI is InChI=1S/C21H23N3O2S/c1-14-13-18(23-20(25)16-7-8-16)27-19(14)21(26)22-10-4-11-24-12-9-15-5-2-3-6-17(15)24/h2-3,5-6,9,12-13,16H,4,7-8,10-11H2,1H3,(H,22,26)(H,23,25). The van der Waals surface area contributed by atoms with Crippen LogP contribution >= 0.6 is 11.3 Å². The van der Waals surface area contributed by atoms with Crippen molar-refractivity contribution < 1.29 is 9.59 Å². The Kier molecular flexibility index (Phi) is 4.99. The molecule has 0 bridgehead atoms. The van der Waals surface area contributed by atoms with E-state index in [-0.39, 0.29) is 17.7 Å². The number of carbonyl (C=O) groups is 2. The molecule has 0 spiro atoms. The fourth-order valence-corrected chi connectivity index (χ4v) is 4.20. The third-order valence-electron chi connectivity index (χ3n) is 4.86. The van der Waals surface area contributed by atoms with E-state index in [9.17, 15) is 9.59 Å². The molecular formula is C21H23N3O2S. The smallest absolute Gasteiger partial charge is 0.261 e. The Morgan fingerprint density at radius 3 is 2.85 bits per heavy atom. The minimum Gasteiger partial charge on any atom is -0.351 e. The minimum atomic E-state index is -0.0678. The highest BCUT2D eigenvalue weighted by Crippen LogP contribution is 2.32. The van der Waals surface area contributed by atoms with Gasteiger partial charge < -0.3 is 15.2 Å². The van der Waals surface area contributed by atoms with Gasteiger partial charge in [0.15, 0.2) is 0 Å². The summed E-state index contributed by atoms with van der Waals surface area (Å²) in [5.74, 6) is 0.165. The van der Waals surface area contributed by atoms with Crippen LogP contribution in [0.4, 0.5) is 5.00 Å². The van der Waals surface area contributed by atoms with E-state index in [0.717, 1.165) is 36.4 Å². The summed E-state index contributed by atoms with van der Waals surface area (Å²) >= 11 is 1.35. The van der Waals surface area contributed by atoms with Gasteiger partial charge in [-0.2, -0.15) is 0 Å². The van der Waals surface area contributed by atoms with Crippen LogP contribution in [0.25, 0.3) is 10.9 Å². The van der Waals surface area contributed by atoms with Crippen molar-refractivity contribution in [1.82, 2.24) is 9.88 Å². The van der Waals surface area contributed by atoms with E-state index in [1.807, 2.05) is 25.1 Å². The first-order chi connectivity index (χ1) is 13.1. The fraction of sp³-hybridized carbons (Fsp3) is 0.333. The van der Waals surface area contributed by atoms with Crippen LogP contribution in [0.1, 0.15) is 34.5 Å². The Hall–Kier alpha value is -2.60. The zero-order valence-corrected chi connectivity index (χ0v) is 16.1. The lowest BCUT2D eigenvalue weighted by Gasteiger charge is -2.07. The molecule has 1 saturated carbocycles. The number of aryl methyl sites for hydroxylation is 2. The van der Waals surface area contributed by atoms with Crippen molar-refractivity contribution in [2.24, 2.45) is 5.92 Å². The van der Waals surface area contributed by atoms with Crippen LogP contribution in [-0.2, 0) is 11.3 Å². The highest BCUT2D eigenvalue weighted by Gasteiger charge is 2.30. The second-order valence-electron chi connectivity index (χ2n) is 7.06. The molecule has 1 aliphatic rings. The molecule has 6 heteroatoms. The van der Waals surface area contributed by atoms with E-state index in [2.05, 4.69) is 39.6 Å². The van der Waals surface area contributed by atoms with Gasteiger partial charge in [-0.05, 0) is 55.3 Å². The maximum Gasteiger partial charge on any atom is 0.261 e. The van der Waals surface area contributed by atoms with Crippen LogP contribution in [0, 0.1) is 12.8 Å². The van der Waals surface area contributed by atoms with Gasteiger partial charge in [-0.25, -0.2) is 0 Å². The number of nitrogens with one attached hydrogen (secondary N) is 2. The predicted molar refractivity (Wildman–Crippen MR) is 109 cm³/mol. The van der Waals surface area contributed by atoms with Crippen molar-refractivity contribution in [2.45, 2.75) is 32.7 Å². The molecule has 2 N–H and O–H groups in total. The molecule has 0 radical (unpaired) electrons. The molecule has 27 heavy (non-hydrogen) atoms. The van der Waals surface area contributed by atoms with Gasteiger partial charge in [0.2, 0.25) is 5.91 Å². The highest BCUT2D eigenvalue weighted by molar-refractivity contribution is 7.18. The van der Waals surface area contributed by atoms with Crippen LogP contribution in [0.15, 0.2) is 42.6 Å². The molecule has 5 nitrogen and oxygen atoms in total. The van der Waals surface area contributed by atoms with Gasteiger partial charge in [0, 0.05) is 30.7 Å². The lowest BCUT2D eigenvalue weighted by atomic mass is 10.2. The number of fused-ring (bicyclic) bond motifs is 1. The van der Waals surface area contributed by atoms with Gasteiger partial charge in [0.25, 0.3) is 5.91 Å². The first-order valence-corrected chi connectivity index (χ1v) is 10.2. The molecular weight excluding hydrogens is 358 g/mol. The maximum atomic E-state index is 12.5. The summed E-state index contributed by atoms with van der Waals surface area (Å²) in [6, 6.07) is 12.3. The Morgan fingerprint density at radius 2 is 2.04 bits per heavy atom. The normalized spacial score (nSPS) is 13.7. The molecule has 2 aromatic heterocycles. The van der Waals surface area contributed by atoms with E-state index in [1.54, 1.807) is 0 Å². The number of amides is 2. The average molecular weight is 382 g/mol. The molecule has 0 aliphatic heterocycles. The summed E-state index contributed by atoms with van der Waals surface area (Å²) in [7, 11) is 0. The van der Waals surface area contributed by atoms with Gasteiger partial charge in [-0.3, -0.25) is 9.59 Å². The molecule has 2 heterocycles. The van der Waals surface area contributed by atoms with Gasteiger partial charge in [0.05, 0.1) is 9.88 Å². The number of benzene rings is 1. The van der Waals surface area contributed by atoms with Crippen molar-refractivity contribution in [2.75, 3.05) is 11.9 Å². The molecule has 0 atom stereocenters. The van der Waals surface area contributed by atoms with Crippen molar-refractivity contribution in [3.05, 3.63) is 53.0 Å². The van der Waals surface area contributed by atoms with Crippen molar-refractivity contribution in [3.63, 3.8) is 0 Å². The lowest BCUT2D eigenvalue weighted by molar-refractivity contribution is -0.117. The SMILES string of the molecule is Cc1cc(NC(=O)C2CC2)sc1C(=O)NCCCn1ccc2ccccc21. The summed E-state index contributed by atoms with van der Waals surface area (Å²) in [6.45, 7) is 3.39. The number of hydrogen-bond donors (Lipinski definition) is 2. The zero-order valence-electron chi connectivity index (χ0n) is 15.3. The van der Waals surface area contributed by atoms with E-state index < -0.39 is 0 Å². The average Bonchev–Trinajstić information content (AvgIpc) is 3.35. The van der Waals surface area contributed by atoms with Crippen molar-refractivity contribution in [1.29, 1.82) is 0 Å². The Bertz CT molecular complexity index is 984. The molecule has 3 aromatic rings. The van der Waals surface area contributed by atoms with Crippen LogP contribution < -0.4 is 10.6 Å². The number of para-hydroxylation sites is 1. The van der Waals surface area contributed by atoms with Crippen molar-refractivity contribution >= 4 is 39.1 Å². The lowest BCUT2D eigenvalue weighted by Crippen LogP contribution is -2.25. The second kappa shape index (κ2) is 7.56. The number of nitrogens with zero attached hydrogens (tertiary/aromatic N) is 1. The number of aromatic nitrogens is 1. The summed E-state index contributed by atoms with van der Waals surface area (Å²) in [5, 5.41) is 7.91. The maximum absolute atomic E-state index is 12.5. The Morgan fingerprint density at radius 1 is 1.22 bits per heavy atom. The van der Waals surface area contributed by atoms with E-state index in [0.29, 0.717) is 11.4 Å². The molecule has 1 fully saturated rings. The molecule has 0 saturated heterocycles. The number of rotatable bonds is 7. The highest BCUT2D eigenvalue weighted by atomic mass is 32.1. The first-order valence-electron chi connectivity index (χ1n) is 9.35. The molecule has 2 amide bonds. The quantitative estimate of drug-likeness (QED) is 0.603. The molecule has 0 unspecified atom stereocenters. The van der Waals surface area contributed by atoms with Crippen LogP contribution in [0.2, 0.25) is 0 Å². The molecule has 1 aromatic carbocycles. The minimum absolute atomic E-state index is 0.0678. The third-order valence-corrected chi connectivity index (χ3v) is 6.01. The fourth-order valence-electron chi connectivity index (χ4n) is 3.21.